The van der Waals surface area contributed by atoms with Gasteiger partial charge in [-0.3, -0.25) is 4.79 Å². The maximum absolute atomic E-state index is 12.1. The first kappa shape index (κ1) is 15.8. The summed E-state index contributed by atoms with van der Waals surface area (Å²) in [4.78, 5) is 12.1. The molecule has 2 N–H and O–H groups in total. The molecule has 0 aliphatic carbocycles. The number of hydrogen-bond acceptors (Lipinski definition) is 3. The number of carbonyl (C=O) groups excluding carboxylic acids is 1. The molecule has 1 aromatic rings. The predicted octanol–water partition coefficient (Wildman–Crippen LogP) is 2.90. The number of ether oxygens (including phenoxy) is 1. The van der Waals surface area contributed by atoms with Gasteiger partial charge in [0.15, 0.2) is 0 Å². The quantitative estimate of drug-likeness (QED) is 0.847. The maximum Gasteiger partial charge on any atom is 0.255 e. The molecule has 1 atom stereocenters. The van der Waals surface area contributed by atoms with Crippen LogP contribution >= 0.6 is 0 Å². The molecule has 1 aliphatic rings. The molecule has 1 unspecified atom stereocenters. The molecule has 0 bridgehead atoms. The first-order valence-corrected chi connectivity index (χ1v) is 7.99. The van der Waals surface area contributed by atoms with Gasteiger partial charge in [-0.15, -0.1) is 0 Å². The fraction of sp³-hybridized carbons (Fsp3) is 0.588. The molecule has 116 valence electrons. The Morgan fingerprint density at radius 1 is 1.29 bits per heavy atom. The zero-order chi connectivity index (χ0) is 15.2. The maximum atomic E-state index is 12.1. The molecule has 4 heteroatoms. The summed E-state index contributed by atoms with van der Waals surface area (Å²) in [7, 11) is 0. The lowest BCUT2D eigenvalue weighted by Gasteiger charge is -2.27. The van der Waals surface area contributed by atoms with Gasteiger partial charge in [0.25, 0.3) is 5.91 Å². The second-order valence-electron chi connectivity index (χ2n) is 5.47. The summed E-state index contributed by atoms with van der Waals surface area (Å²) in [6.07, 6.45) is 2.24. The van der Waals surface area contributed by atoms with E-state index in [2.05, 4.69) is 37.5 Å². The third-order valence-corrected chi connectivity index (χ3v) is 4.20. The third-order valence-electron chi connectivity index (χ3n) is 4.20. The molecule has 4 nitrogen and oxygen atoms in total. The number of nitrogens with one attached hydrogen (secondary N) is 2. The number of fused-ring (bicyclic) bond motifs is 1. The van der Waals surface area contributed by atoms with E-state index < -0.39 is 0 Å². The van der Waals surface area contributed by atoms with E-state index in [9.17, 15) is 4.79 Å². The molecule has 0 spiro atoms. The highest BCUT2D eigenvalue weighted by atomic mass is 16.5. The van der Waals surface area contributed by atoms with Crippen molar-refractivity contribution in [3.8, 4) is 5.75 Å². The molecule has 0 saturated heterocycles. The molecular weight excluding hydrogens is 264 g/mol. The average Bonchev–Trinajstić information content (AvgIpc) is 2.69. The van der Waals surface area contributed by atoms with Crippen LogP contribution in [0.3, 0.4) is 0 Å². The number of hydrogen-bond donors (Lipinski definition) is 2. The molecule has 1 aromatic carbocycles. The number of carbonyl (C=O) groups is 1. The molecule has 1 amide bonds. The van der Waals surface area contributed by atoms with Crippen molar-refractivity contribution in [2.75, 3.05) is 19.7 Å². The van der Waals surface area contributed by atoms with Crippen molar-refractivity contribution in [1.29, 1.82) is 0 Å². The van der Waals surface area contributed by atoms with Gasteiger partial charge in [0.05, 0.1) is 12.1 Å². The molecular formula is C17H26N2O2. The second kappa shape index (κ2) is 7.46. The molecule has 0 saturated carbocycles. The van der Waals surface area contributed by atoms with Gasteiger partial charge in [-0.1, -0.05) is 39.7 Å². The van der Waals surface area contributed by atoms with Crippen LogP contribution in [0.4, 0.5) is 0 Å². The van der Waals surface area contributed by atoms with Gasteiger partial charge in [-0.2, -0.15) is 0 Å². The van der Waals surface area contributed by atoms with Crippen LogP contribution in [0.15, 0.2) is 18.2 Å². The molecule has 21 heavy (non-hydrogen) atoms. The van der Waals surface area contributed by atoms with Crippen LogP contribution in [0.1, 0.15) is 55.6 Å². The first-order valence-electron chi connectivity index (χ1n) is 7.99. The smallest absolute Gasteiger partial charge is 0.255 e. The van der Waals surface area contributed by atoms with Crippen molar-refractivity contribution in [2.24, 2.45) is 5.92 Å². The Morgan fingerprint density at radius 3 is 2.71 bits per heavy atom. The summed E-state index contributed by atoms with van der Waals surface area (Å²) in [5.41, 5.74) is 1.82. The molecule has 0 aromatic heterocycles. The van der Waals surface area contributed by atoms with Crippen LogP contribution in [0, 0.1) is 5.92 Å². The topological polar surface area (TPSA) is 50.4 Å². The standard InChI is InChI=1S/C17H26N2O2/c1-4-12(5-2)16(18-6-3)13-7-8-15-14(11-13)17(20)19-9-10-21-15/h7-8,11-12,16,18H,4-6,9-10H2,1-3H3,(H,19,20). The first-order chi connectivity index (χ1) is 10.2. The minimum Gasteiger partial charge on any atom is -0.491 e. The van der Waals surface area contributed by atoms with Crippen molar-refractivity contribution in [1.82, 2.24) is 10.6 Å². The highest BCUT2D eigenvalue weighted by Crippen LogP contribution is 2.31. The van der Waals surface area contributed by atoms with Crippen molar-refractivity contribution >= 4 is 5.91 Å². The summed E-state index contributed by atoms with van der Waals surface area (Å²) in [5.74, 6) is 1.22. The van der Waals surface area contributed by atoms with Crippen LogP contribution in [-0.2, 0) is 0 Å². The van der Waals surface area contributed by atoms with E-state index >= 15 is 0 Å². The van der Waals surface area contributed by atoms with Crippen molar-refractivity contribution < 1.29 is 9.53 Å². The van der Waals surface area contributed by atoms with E-state index in [1.807, 2.05) is 12.1 Å². The Balaban J connectivity index is 2.35. The highest BCUT2D eigenvalue weighted by Gasteiger charge is 2.23. The van der Waals surface area contributed by atoms with Crippen molar-refractivity contribution in [3.63, 3.8) is 0 Å². The SMILES string of the molecule is CCNC(c1ccc2c(c1)C(=O)NCCO2)C(CC)CC. The normalized spacial score (nSPS) is 15.9. The van der Waals surface area contributed by atoms with Gasteiger partial charge in [-0.05, 0) is 30.2 Å². The minimum absolute atomic E-state index is 0.0378. The van der Waals surface area contributed by atoms with Gasteiger partial charge >= 0.3 is 0 Å². The molecule has 1 aliphatic heterocycles. The van der Waals surface area contributed by atoms with Crippen molar-refractivity contribution in [2.45, 2.75) is 39.7 Å². The van der Waals surface area contributed by atoms with E-state index in [0.717, 1.165) is 19.4 Å². The summed E-state index contributed by atoms with van der Waals surface area (Å²) in [6, 6.07) is 6.29. The van der Waals surface area contributed by atoms with Gasteiger partial charge < -0.3 is 15.4 Å². The zero-order valence-corrected chi connectivity index (χ0v) is 13.2. The van der Waals surface area contributed by atoms with Crippen LogP contribution in [-0.4, -0.2) is 25.6 Å². The fourth-order valence-electron chi connectivity index (χ4n) is 3.00. The molecule has 2 rings (SSSR count). The van der Waals surface area contributed by atoms with Crippen LogP contribution in [0.5, 0.6) is 5.75 Å². The summed E-state index contributed by atoms with van der Waals surface area (Å²) in [6.45, 7) is 8.57. The lowest BCUT2D eigenvalue weighted by molar-refractivity contribution is 0.0957. The lowest BCUT2D eigenvalue weighted by Crippen LogP contribution is -2.28. The summed E-state index contributed by atoms with van der Waals surface area (Å²) >= 11 is 0. The molecule has 1 heterocycles. The largest absolute Gasteiger partial charge is 0.491 e. The van der Waals surface area contributed by atoms with Crippen LogP contribution in [0.2, 0.25) is 0 Å². The molecule has 0 fully saturated rings. The second-order valence-corrected chi connectivity index (χ2v) is 5.47. The zero-order valence-electron chi connectivity index (χ0n) is 13.2. The Hall–Kier alpha value is -1.55. The number of benzene rings is 1. The van der Waals surface area contributed by atoms with Gasteiger partial charge in [0.2, 0.25) is 0 Å². The Labute approximate surface area is 127 Å². The third kappa shape index (κ3) is 3.56. The summed E-state index contributed by atoms with van der Waals surface area (Å²) in [5, 5.41) is 6.44. The van der Waals surface area contributed by atoms with E-state index in [0.29, 0.717) is 30.4 Å². The predicted molar refractivity (Wildman–Crippen MR) is 84.8 cm³/mol. The van der Waals surface area contributed by atoms with E-state index in [1.54, 1.807) is 0 Å². The van der Waals surface area contributed by atoms with Gasteiger partial charge in [-0.25, -0.2) is 0 Å². The monoisotopic (exact) mass is 290 g/mol. The lowest BCUT2D eigenvalue weighted by atomic mass is 9.88. The van der Waals surface area contributed by atoms with E-state index in [4.69, 9.17) is 4.74 Å². The van der Waals surface area contributed by atoms with Crippen LogP contribution < -0.4 is 15.4 Å². The van der Waals surface area contributed by atoms with Crippen molar-refractivity contribution in [3.05, 3.63) is 29.3 Å². The number of rotatable bonds is 6. The van der Waals surface area contributed by atoms with E-state index in [1.165, 1.54) is 5.56 Å². The Kier molecular flexibility index (Phi) is 5.62. The Bertz CT molecular complexity index is 484. The number of amides is 1. The van der Waals surface area contributed by atoms with Gasteiger partial charge in [0, 0.05) is 6.04 Å². The molecule has 0 radical (unpaired) electrons. The Morgan fingerprint density at radius 2 is 2.05 bits per heavy atom. The average molecular weight is 290 g/mol. The fourth-order valence-corrected chi connectivity index (χ4v) is 3.00. The van der Waals surface area contributed by atoms with Crippen LogP contribution in [0.25, 0.3) is 0 Å². The summed E-state index contributed by atoms with van der Waals surface area (Å²) < 4.78 is 5.62. The highest BCUT2D eigenvalue weighted by molar-refractivity contribution is 5.97. The van der Waals surface area contributed by atoms with E-state index in [-0.39, 0.29) is 11.9 Å². The minimum atomic E-state index is -0.0378. The van der Waals surface area contributed by atoms with Gasteiger partial charge in [0.1, 0.15) is 12.4 Å².